The van der Waals surface area contributed by atoms with E-state index in [1.165, 1.54) is 4.90 Å². The highest BCUT2D eigenvalue weighted by Gasteiger charge is 2.33. The molecule has 1 atom stereocenters. The molecule has 212 valence electrons. The van der Waals surface area contributed by atoms with Crippen LogP contribution in [0.4, 0.5) is 5.82 Å². The molecule has 12 heteroatoms. The van der Waals surface area contributed by atoms with Gasteiger partial charge in [-0.25, -0.2) is 4.98 Å². The Hall–Kier alpha value is -4.74. The zero-order chi connectivity index (χ0) is 29.3. The fourth-order valence-corrected chi connectivity index (χ4v) is 4.97. The smallest absolute Gasteiger partial charge is 0.272 e. The second-order valence-corrected chi connectivity index (χ2v) is 10.8. The first kappa shape index (κ1) is 27.8. The van der Waals surface area contributed by atoms with E-state index in [0.717, 1.165) is 34.7 Å². The summed E-state index contributed by atoms with van der Waals surface area (Å²) in [5.74, 6) is 1.52. The Bertz CT molecular complexity index is 1540. The zero-order valence-corrected chi connectivity index (χ0v) is 24.2. The first-order chi connectivity index (χ1) is 19.6. The Morgan fingerprint density at radius 1 is 1.05 bits per heavy atom. The number of anilines is 1. The van der Waals surface area contributed by atoms with Gasteiger partial charge >= 0.3 is 0 Å². The first-order valence-electron chi connectivity index (χ1n) is 13.6. The number of pyridine rings is 1. The van der Waals surface area contributed by atoms with Crippen molar-refractivity contribution in [3.8, 4) is 11.4 Å². The third kappa shape index (κ3) is 5.76. The molecule has 0 fully saturated rings. The minimum Gasteiger partial charge on any atom is -0.351 e. The summed E-state index contributed by atoms with van der Waals surface area (Å²) in [5.41, 5.74) is 4.66. The summed E-state index contributed by atoms with van der Waals surface area (Å²) in [6.45, 7) is 9.58. The van der Waals surface area contributed by atoms with Crippen molar-refractivity contribution >= 4 is 17.6 Å². The number of hydrogen-bond donors (Lipinski definition) is 1. The molecular weight excluding hydrogens is 520 g/mol. The van der Waals surface area contributed by atoms with Crippen molar-refractivity contribution in [1.82, 2.24) is 45.4 Å². The normalized spacial score (nSPS) is 14.6. The topological polar surface area (TPSA) is 135 Å². The van der Waals surface area contributed by atoms with Crippen molar-refractivity contribution in [3.05, 3.63) is 76.5 Å². The Morgan fingerprint density at radius 2 is 1.76 bits per heavy atom. The molecule has 2 amide bonds. The lowest BCUT2D eigenvalue weighted by atomic mass is 9.95. The van der Waals surface area contributed by atoms with Crippen LogP contribution in [0.2, 0.25) is 0 Å². The summed E-state index contributed by atoms with van der Waals surface area (Å²) < 4.78 is 1.97. The number of aryl methyl sites for hydroxylation is 1. The van der Waals surface area contributed by atoms with Crippen LogP contribution in [-0.2, 0) is 13.1 Å². The SMILES string of the molecule is Cc1nnc(-c2ccc(CNC(=O)c3nn(C(C)C)c4c3CN(c3ccc(C(=O)N(C)C)cn3)C[C@@H]4C)cc2)nn1. The summed E-state index contributed by atoms with van der Waals surface area (Å²) in [6.07, 6.45) is 1.60. The minimum atomic E-state index is -0.228. The van der Waals surface area contributed by atoms with E-state index in [1.807, 2.05) is 35.0 Å². The lowest BCUT2D eigenvalue weighted by Crippen LogP contribution is -2.35. The van der Waals surface area contributed by atoms with Gasteiger partial charge < -0.3 is 15.1 Å². The third-order valence-corrected chi connectivity index (χ3v) is 7.03. The van der Waals surface area contributed by atoms with Crippen molar-refractivity contribution < 1.29 is 9.59 Å². The van der Waals surface area contributed by atoms with Crippen LogP contribution in [0.3, 0.4) is 0 Å². The fourth-order valence-electron chi connectivity index (χ4n) is 4.97. The summed E-state index contributed by atoms with van der Waals surface area (Å²) in [4.78, 5) is 34.0. The van der Waals surface area contributed by atoms with Crippen LogP contribution in [0.25, 0.3) is 11.4 Å². The molecule has 0 bridgehead atoms. The number of carbonyl (C=O) groups is 2. The molecule has 1 N–H and O–H groups in total. The lowest BCUT2D eigenvalue weighted by Gasteiger charge is -2.33. The monoisotopic (exact) mass is 554 g/mol. The second-order valence-electron chi connectivity index (χ2n) is 10.8. The van der Waals surface area contributed by atoms with Gasteiger partial charge in [-0.05, 0) is 38.5 Å². The molecule has 0 unspecified atom stereocenters. The number of fused-ring (bicyclic) bond motifs is 1. The molecule has 1 aromatic carbocycles. The van der Waals surface area contributed by atoms with E-state index in [-0.39, 0.29) is 23.8 Å². The molecule has 0 saturated heterocycles. The van der Waals surface area contributed by atoms with Crippen molar-refractivity contribution in [1.29, 1.82) is 0 Å². The van der Waals surface area contributed by atoms with Crippen LogP contribution in [0, 0.1) is 6.92 Å². The van der Waals surface area contributed by atoms with Crippen molar-refractivity contribution in [2.75, 3.05) is 25.5 Å². The molecule has 1 aliphatic rings. The summed E-state index contributed by atoms with van der Waals surface area (Å²) >= 11 is 0. The fraction of sp³-hybridized carbons (Fsp3) is 0.379. The summed E-state index contributed by atoms with van der Waals surface area (Å²) in [6, 6.07) is 11.4. The largest absolute Gasteiger partial charge is 0.351 e. The van der Waals surface area contributed by atoms with Gasteiger partial charge in [0, 0.05) is 68.7 Å². The Kier molecular flexibility index (Phi) is 7.73. The number of nitrogens with one attached hydrogen (secondary N) is 1. The maximum Gasteiger partial charge on any atom is 0.272 e. The van der Waals surface area contributed by atoms with Gasteiger partial charge in [-0.15, -0.1) is 20.4 Å². The Balaban J connectivity index is 1.34. The summed E-state index contributed by atoms with van der Waals surface area (Å²) in [7, 11) is 3.43. The first-order valence-corrected chi connectivity index (χ1v) is 13.6. The van der Waals surface area contributed by atoms with Crippen LogP contribution >= 0.6 is 0 Å². The molecule has 0 radical (unpaired) electrons. The molecule has 12 nitrogen and oxygen atoms in total. The number of carbonyl (C=O) groups excluding carboxylic acids is 2. The van der Waals surface area contributed by atoms with E-state index in [1.54, 1.807) is 33.3 Å². The molecule has 0 spiro atoms. The maximum absolute atomic E-state index is 13.5. The number of hydrogen-bond acceptors (Lipinski definition) is 9. The predicted molar refractivity (Wildman–Crippen MR) is 153 cm³/mol. The Morgan fingerprint density at radius 3 is 2.37 bits per heavy atom. The molecule has 3 aromatic heterocycles. The van der Waals surface area contributed by atoms with E-state index in [2.05, 4.69) is 56.4 Å². The van der Waals surface area contributed by atoms with E-state index < -0.39 is 0 Å². The zero-order valence-electron chi connectivity index (χ0n) is 24.2. The summed E-state index contributed by atoms with van der Waals surface area (Å²) in [5, 5.41) is 23.9. The van der Waals surface area contributed by atoms with Gasteiger partial charge in [0.05, 0.1) is 5.56 Å². The van der Waals surface area contributed by atoms with Gasteiger partial charge in [0.2, 0.25) is 5.82 Å². The highest BCUT2D eigenvalue weighted by Crippen LogP contribution is 2.34. The van der Waals surface area contributed by atoms with E-state index in [0.29, 0.717) is 36.0 Å². The molecule has 0 saturated carbocycles. The van der Waals surface area contributed by atoms with Crippen LogP contribution in [0.1, 0.15) is 76.2 Å². The van der Waals surface area contributed by atoms with Gasteiger partial charge in [0.25, 0.3) is 11.8 Å². The highest BCUT2D eigenvalue weighted by molar-refractivity contribution is 5.94. The van der Waals surface area contributed by atoms with Crippen LogP contribution in [0.15, 0.2) is 42.6 Å². The van der Waals surface area contributed by atoms with Gasteiger partial charge in [-0.2, -0.15) is 5.10 Å². The number of amides is 2. The second kappa shape index (κ2) is 11.4. The molecule has 4 aromatic rings. The average Bonchev–Trinajstić information content (AvgIpc) is 3.37. The molecule has 4 heterocycles. The van der Waals surface area contributed by atoms with E-state index in [4.69, 9.17) is 5.10 Å². The molecule has 41 heavy (non-hydrogen) atoms. The van der Waals surface area contributed by atoms with Crippen molar-refractivity contribution in [2.45, 2.75) is 52.7 Å². The molecule has 5 rings (SSSR count). The maximum atomic E-state index is 13.5. The standard InChI is InChI=1S/C29H34N10O2/c1-17(2)39-26-18(3)15-38(24-12-11-22(14-30-24)29(41)37(5)6)16-23(26)25(36-39)28(40)31-13-20-7-9-21(10-8-20)27-34-32-19(4)33-35-27/h7-12,14,17-18H,13,15-16H2,1-6H3,(H,31,40)/t18-/m0/s1. The predicted octanol–water partition coefficient (Wildman–Crippen LogP) is 3.17. The quantitative estimate of drug-likeness (QED) is 0.365. The average molecular weight is 555 g/mol. The Labute approximate surface area is 238 Å². The minimum absolute atomic E-state index is 0.0948. The van der Waals surface area contributed by atoms with Crippen LogP contribution in [0.5, 0.6) is 0 Å². The lowest BCUT2D eigenvalue weighted by molar-refractivity contribution is 0.0826. The van der Waals surface area contributed by atoms with Gasteiger partial charge in [-0.3, -0.25) is 14.3 Å². The van der Waals surface area contributed by atoms with Gasteiger partial charge in [0.1, 0.15) is 5.82 Å². The molecule has 0 aliphatic carbocycles. The van der Waals surface area contributed by atoms with E-state index in [9.17, 15) is 9.59 Å². The van der Waals surface area contributed by atoms with Crippen LogP contribution < -0.4 is 10.2 Å². The van der Waals surface area contributed by atoms with Crippen LogP contribution in [-0.4, -0.2) is 72.5 Å². The molecule has 1 aliphatic heterocycles. The van der Waals surface area contributed by atoms with Crippen molar-refractivity contribution in [3.63, 3.8) is 0 Å². The van der Waals surface area contributed by atoms with Gasteiger partial charge in [0.15, 0.2) is 11.5 Å². The number of benzene rings is 1. The van der Waals surface area contributed by atoms with Gasteiger partial charge in [-0.1, -0.05) is 31.2 Å². The number of aromatic nitrogens is 7. The number of nitrogens with zero attached hydrogens (tertiary/aromatic N) is 9. The third-order valence-electron chi connectivity index (χ3n) is 7.03. The van der Waals surface area contributed by atoms with Crippen molar-refractivity contribution in [2.24, 2.45) is 0 Å². The molecular formula is C29H34N10O2. The van der Waals surface area contributed by atoms with E-state index >= 15 is 0 Å². The number of rotatable bonds is 7. The highest BCUT2D eigenvalue weighted by atomic mass is 16.2.